The van der Waals surface area contributed by atoms with Gasteiger partial charge in [0.05, 0.1) is 7.11 Å². The van der Waals surface area contributed by atoms with E-state index in [1.165, 1.54) is 25.3 Å². The number of benzene rings is 1. The normalized spacial score (nSPS) is 24.2. The van der Waals surface area contributed by atoms with Gasteiger partial charge in [0.25, 0.3) is 0 Å². The van der Waals surface area contributed by atoms with Crippen molar-refractivity contribution in [1.29, 1.82) is 0 Å². The lowest BCUT2D eigenvalue weighted by atomic mass is 10.1. The summed E-state index contributed by atoms with van der Waals surface area (Å²) in [5.74, 6) is -1.65. The zero-order valence-electron chi connectivity index (χ0n) is 13.2. The van der Waals surface area contributed by atoms with Crippen LogP contribution in [0.5, 0.6) is 11.5 Å². The van der Waals surface area contributed by atoms with Crippen LogP contribution in [-0.2, 0) is 19.1 Å². The van der Waals surface area contributed by atoms with E-state index in [0.29, 0.717) is 5.56 Å². The SMILES string of the molecule is COc1cc(C=CC(=O)OCC(O)C2OC(=O)C(O)C2O)ccc1O. The van der Waals surface area contributed by atoms with Gasteiger partial charge in [0.15, 0.2) is 23.7 Å². The van der Waals surface area contributed by atoms with E-state index in [2.05, 4.69) is 4.74 Å². The lowest BCUT2D eigenvalue weighted by molar-refractivity contribution is -0.154. The van der Waals surface area contributed by atoms with Crippen molar-refractivity contribution in [2.24, 2.45) is 0 Å². The van der Waals surface area contributed by atoms with E-state index in [0.717, 1.165) is 6.08 Å². The van der Waals surface area contributed by atoms with Crippen LogP contribution in [0.1, 0.15) is 5.56 Å². The summed E-state index contributed by atoms with van der Waals surface area (Å²) in [5.41, 5.74) is 0.565. The fourth-order valence-corrected chi connectivity index (χ4v) is 2.17. The maximum absolute atomic E-state index is 11.6. The zero-order chi connectivity index (χ0) is 18.6. The summed E-state index contributed by atoms with van der Waals surface area (Å²) in [6.07, 6.45) is -3.70. The van der Waals surface area contributed by atoms with Crippen molar-refractivity contribution < 1.29 is 44.2 Å². The Labute approximate surface area is 142 Å². The van der Waals surface area contributed by atoms with Gasteiger partial charge in [0.1, 0.15) is 18.8 Å². The largest absolute Gasteiger partial charge is 0.504 e. The van der Waals surface area contributed by atoms with Gasteiger partial charge in [0.2, 0.25) is 0 Å². The molecule has 25 heavy (non-hydrogen) atoms. The molecule has 1 aromatic carbocycles. The lowest BCUT2D eigenvalue weighted by Gasteiger charge is -2.19. The van der Waals surface area contributed by atoms with E-state index >= 15 is 0 Å². The molecular formula is C16H18O9. The molecule has 136 valence electrons. The van der Waals surface area contributed by atoms with E-state index in [1.807, 2.05) is 0 Å². The second kappa shape index (κ2) is 7.97. The van der Waals surface area contributed by atoms with Crippen molar-refractivity contribution in [2.45, 2.75) is 24.4 Å². The van der Waals surface area contributed by atoms with Gasteiger partial charge < -0.3 is 34.6 Å². The Hall–Kier alpha value is -2.62. The fourth-order valence-electron chi connectivity index (χ4n) is 2.17. The first-order chi connectivity index (χ1) is 11.8. The van der Waals surface area contributed by atoms with Crippen LogP contribution in [0.15, 0.2) is 24.3 Å². The Kier molecular flexibility index (Phi) is 5.97. The molecular weight excluding hydrogens is 336 g/mol. The second-order valence-electron chi connectivity index (χ2n) is 5.30. The Bertz CT molecular complexity index is 670. The summed E-state index contributed by atoms with van der Waals surface area (Å²) in [5, 5.41) is 38.1. The highest BCUT2D eigenvalue weighted by Crippen LogP contribution is 2.26. The molecule has 0 spiro atoms. The average molecular weight is 354 g/mol. The first-order valence-corrected chi connectivity index (χ1v) is 7.30. The smallest absolute Gasteiger partial charge is 0.338 e. The minimum Gasteiger partial charge on any atom is -0.504 e. The second-order valence-corrected chi connectivity index (χ2v) is 5.30. The number of ether oxygens (including phenoxy) is 3. The first kappa shape index (κ1) is 18.7. The molecule has 0 saturated carbocycles. The highest BCUT2D eigenvalue weighted by Gasteiger charge is 2.46. The molecule has 9 heteroatoms. The van der Waals surface area contributed by atoms with Crippen molar-refractivity contribution in [2.75, 3.05) is 13.7 Å². The number of aliphatic hydroxyl groups excluding tert-OH is 3. The number of aliphatic hydroxyl groups is 3. The maximum atomic E-state index is 11.6. The van der Waals surface area contributed by atoms with E-state index < -0.39 is 43.0 Å². The van der Waals surface area contributed by atoms with Gasteiger partial charge in [-0.15, -0.1) is 0 Å². The fraction of sp³-hybridized carbons (Fsp3) is 0.375. The van der Waals surface area contributed by atoms with Gasteiger partial charge in [-0.1, -0.05) is 6.07 Å². The minimum absolute atomic E-state index is 0.0443. The van der Waals surface area contributed by atoms with Gasteiger partial charge in [-0.2, -0.15) is 0 Å². The summed E-state index contributed by atoms with van der Waals surface area (Å²) < 4.78 is 14.3. The molecule has 1 aliphatic rings. The van der Waals surface area contributed by atoms with E-state index in [9.17, 15) is 30.0 Å². The zero-order valence-corrected chi connectivity index (χ0v) is 13.2. The number of carbonyl (C=O) groups excluding carboxylic acids is 2. The predicted molar refractivity (Wildman–Crippen MR) is 82.6 cm³/mol. The summed E-state index contributed by atoms with van der Waals surface area (Å²) in [6.45, 7) is -0.538. The van der Waals surface area contributed by atoms with E-state index in [4.69, 9.17) is 9.47 Å². The van der Waals surface area contributed by atoms with Crippen LogP contribution in [0.4, 0.5) is 0 Å². The van der Waals surface area contributed by atoms with E-state index in [1.54, 1.807) is 6.07 Å². The van der Waals surface area contributed by atoms with Crippen molar-refractivity contribution in [1.82, 2.24) is 0 Å². The number of methoxy groups -OCH3 is 1. The van der Waals surface area contributed by atoms with Crippen LogP contribution in [0.2, 0.25) is 0 Å². The molecule has 4 atom stereocenters. The van der Waals surface area contributed by atoms with Crippen LogP contribution in [0, 0.1) is 0 Å². The van der Waals surface area contributed by atoms with Crippen LogP contribution in [-0.4, -0.2) is 70.5 Å². The molecule has 9 nitrogen and oxygen atoms in total. The summed E-state index contributed by atoms with van der Waals surface area (Å²) >= 11 is 0. The average Bonchev–Trinajstić information content (AvgIpc) is 2.86. The van der Waals surface area contributed by atoms with Crippen LogP contribution in [0.3, 0.4) is 0 Å². The maximum Gasteiger partial charge on any atom is 0.338 e. The number of hydrogen-bond donors (Lipinski definition) is 4. The number of carbonyl (C=O) groups is 2. The number of cyclic esters (lactones) is 1. The number of aromatic hydroxyl groups is 1. The van der Waals surface area contributed by atoms with E-state index in [-0.39, 0.29) is 11.5 Å². The van der Waals surface area contributed by atoms with Crippen molar-refractivity contribution >= 4 is 18.0 Å². The molecule has 4 unspecified atom stereocenters. The quantitative estimate of drug-likeness (QED) is 0.372. The molecule has 0 aromatic heterocycles. The molecule has 0 aliphatic carbocycles. The number of hydrogen-bond acceptors (Lipinski definition) is 9. The summed E-state index contributed by atoms with van der Waals surface area (Å²) in [4.78, 5) is 22.7. The molecule has 0 amide bonds. The van der Waals surface area contributed by atoms with Crippen molar-refractivity contribution in [3.63, 3.8) is 0 Å². The Morgan fingerprint density at radius 2 is 2.12 bits per heavy atom. The van der Waals surface area contributed by atoms with Crippen molar-refractivity contribution in [3.05, 3.63) is 29.8 Å². The molecule has 4 N–H and O–H groups in total. The van der Waals surface area contributed by atoms with Crippen LogP contribution in [0.25, 0.3) is 6.08 Å². The predicted octanol–water partition coefficient (Wildman–Crippen LogP) is -1.03. The molecule has 0 radical (unpaired) electrons. The number of rotatable bonds is 6. The molecule has 1 aliphatic heterocycles. The Morgan fingerprint density at radius 3 is 2.72 bits per heavy atom. The van der Waals surface area contributed by atoms with Gasteiger partial charge in [-0.3, -0.25) is 0 Å². The number of phenols is 1. The molecule has 2 rings (SSSR count). The highest BCUT2D eigenvalue weighted by molar-refractivity contribution is 5.87. The number of phenolic OH excluding ortho intramolecular Hbond substituents is 1. The third-order valence-electron chi connectivity index (χ3n) is 3.55. The Balaban J connectivity index is 1.87. The minimum atomic E-state index is -1.74. The highest BCUT2D eigenvalue weighted by atomic mass is 16.6. The van der Waals surface area contributed by atoms with Crippen LogP contribution < -0.4 is 4.74 Å². The Morgan fingerprint density at radius 1 is 1.40 bits per heavy atom. The monoisotopic (exact) mass is 354 g/mol. The summed E-state index contributed by atoms with van der Waals surface area (Å²) in [7, 11) is 1.39. The molecule has 1 saturated heterocycles. The molecule has 1 heterocycles. The third-order valence-corrected chi connectivity index (χ3v) is 3.55. The first-order valence-electron chi connectivity index (χ1n) is 7.30. The van der Waals surface area contributed by atoms with Crippen LogP contribution >= 0.6 is 0 Å². The molecule has 0 bridgehead atoms. The van der Waals surface area contributed by atoms with Gasteiger partial charge in [0, 0.05) is 6.08 Å². The number of esters is 2. The van der Waals surface area contributed by atoms with Crippen molar-refractivity contribution in [3.8, 4) is 11.5 Å². The molecule has 1 aromatic rings. The standard InChI is InChI=1S/C16H18O9/c1-23-11-6-8(2-4-9(11)17)3-5-12(19)24-7-10(18)15-13(20)14(21)16(22)25-15/h2-6,10,13-15,17-18,20-21H,7H2,1H3. The lowest BCUT2D eigenvalue weighted by Crippen LogP contribution is -2.41. The van der Waals surface area contributed by atoms with Gasteiger partial charge in [-0.25, -0.2) is 9.59 Å². The topological polar surface area (TPSA) is 143 Å². The summed E-state index contributed by atoms with van der Waals surface area (Å²) in [6, 6.07) is 4.45. The van der Waals surface area contributed by atoms with Gasteiger partial charge >= 0.3 is 11.9 Å². The molecule has 1 fully saturated rings. The van der Waals surface area contributed by atoms with Gasteiger partial charge in [-0.05, 0) is 23.8 Å². The third kappa shape index (κ3) is 4.47.